The Bertz CT molecular complexity index is 1510. The van der Waals surface area contributed by atoms with Crippen molar-refractivity contribution in [2.45, 2.75) is 57.5 Å². The number of sulfone groups is 1. The van der Waals surface area contributed by atoms with Gasteiger partial charge in [0.25, 0.3) is 0 Å². The van der Waals surface area contributed by atoms with Crippen LogP contribution in [0.2, 0.25) is 0 Å². The summed E-state index contributed by atoms with van der Waals surface area (Å²) in [5.74, 6) is 1.21. The van der Waals surface area contributed by atoms with Crippen LogP contribution >= 0.6 is 0 Å². The number of hydrogen-bond donors (Lipinski definition) is 0. The number of ether oxygens (including phenoxy) is 1. The van der Waals surface area contributed by atoms with Crippen molar-refractivity contribution in [3.05, 3.63) is 53.2 Å². The van der Waals surface area contributed by atoms with Gasteiger partial charge in [-0.3, -0.25) is 4.90 Å². The van der Waals surface area contributed by atoms with Gasteiger partial charge in [0, 0.05) is 36.3 Å². The first-order chi connectivity index (χ1) is 19.4. The van der Waals surface area contributed by atoms with E-state index in [4.69, 9.17) is 14.7 Å². The molecule has 9 heteroatoms. The maximum Gasteiger partial charge on any atom is 0.318 e. The summed E-state index contributed by atoms with van der Waals surface area (Å²) in [6, 6.07) is 13.6. The molecule has 4 aliphatic rings. The first-order valence-corrected chi connectivity index (χ1v) is 16.8. The lowest BCUT2D eigenvalue weighted by Gasteiger charge is -2.36. The summed E-state index contributed by atoms with van der Waals surface area (Å²) >= 11 is 0. The number of rotatable bonds is 6. The predicted molar refractivity (Wildman–Crippen MR) is 159 cm³/mol. The average Bonchev–Trinajstić information content (AvgIpc) is 3.55. The summed E-state index contributed by atoms with van der Waals surface area (Å²) in [7, 11) is -2.99. The SMILES string of the molecule is CCc1cccc2cccc(N3CCc4c(nc(OCC56CCCN5CCC6)nc4N4CCS(=O)(=O)CC4)C3)c12. The average molecular weight is 562 g/mol. The number of nitrogens with zero attached hydrogens (tertiary/aromatic N) is 5. The van der Waals surface area contributed by atoms with Crippen molar-refractivity contribution in [2.75, 3.05) is 60.6 Å². The Hall–Kier alpha value is -2.91. The monoisotopic (exact) mass is 561 g/mol. The van der Waals surface area contributed by atoms with Crippen molar-refractivity contribution in [1.82, 2.24) is 14.9 Å². The molecular weight excluding hydrogens is 522 g/mol. The van der Waals surface area contributed by atoms with E-state index in [1.807, 2.05) is 0 Å². The van der Waals surface area contributed by atoms with Crippen molar-refractivity contribution in [2.24, 2.45) is 0 Å². The first-order valence-electron chi connectivity index (χ1n) is 14.9. The molecule has 1 aromatic heterocycles. The Morgan fingerprint density at radius 2 is 1.68 bits per heavy atom. The maximum atomic E-state index is 12.2. The molecule has 3 fully saturated rings. The smallest absolute Gasteiger partial charge is 0.318 e. The molecule has 0 atom stereocenters. The van der Waals surface area contributed by atoms with Gasteiger partial charge in [-0.15, -0.1) is 0 Å². The molecule has 5 heterocycles. The molecule has 0 spiro atoms. The van der Waals surface area contributed by atoms with Crippen LogP contribution in [0.5, 0.6) is 6.01 Å². The fraction of sp³-hybridized carbons (Fsp3) is 0.548. The van der Waals surface area contributed by atoms with Gasteiger partial charge in [-0.2, -0.15) is 9.97 Å². The van der Waals surface area contributed by atoms with Crippen molar-refractivity contribution in [1.29, 1.82) is 0 Å². The van der Waals surface area contributed by atoms with Crippen LogP contribution in [0, 0.1) is 0 Å². The Kier molecular flexibility index (Phi) is 6.62. The fourth-order valence-corrected chi connectivity index (χ4v) is 8.66. The summed E-state index contributed by atoms with van der Waals surface area (Å²) in [5.41, 5.74) is 4.86. The van der Waals surface area contributed by atoms with Gasteiger partial charge in [-0.05, 0) is 68.6 Å². The molecule has 8 nitrogen and oxygen atoms in total. The topological polar surface area (TPSA) is 78.9 Å². The Labute approximate surface area is 237 Å². The zero-order chi connectivity index (χ0) is 27.3. The molecule has 0 radical (unpaired) electrons. The van der Waals surface area contributed by atoms with Gasteiger partial charge in [0.15, 0.2) is 9.84 Å². The van der Waals surface area contributed by atoms with Crippen LogP contribution in [0.15, 0.2) is 36.4 Å². The molecule has 0 bridgehead atoms. The van der Waals surface area contributed by atoms with Gasteiger partial charge in [-0.1, -0.05) is 37.3 Å². The Morgan fingerprint density at radius 3 is 2.42 bits per heavy atom. The molecular formula is C31H39N5O3S. The summed E-state index contributed by atoms with van der Waals surface area (Å²) in [6.45, 7) is 7.63. The van der Waals surface area contributed by atoms with Crippen molar-refractivity contribution in [3.63, 3.8) is 0 Å². The molecule has 3 saturated heterocycles. The lowest BCUT2D eigenvalue weighted by molar-refractivity contribution is 0.107. The molecule has 7 rings (SSSR count). The molecule has 0 aliphatic carbocycles. The number of fused-ring (bicyclic) bond motifs is 3. The highest BCUT2D eigenvalue weighted by molar-refractivity contribution is 7.91. The maximum absolute atomic E-state index is 12.2. The minimum atomic E-state index is -2.99. The number of aryl methyl sites for hydroxylation is 1. The summed E-state index contributed by atoms with van der Waals surface area (Å²) in [4.78, 5) is 17.2. The molecule has 0 N–H and O–H groups in total. The second-order valence-corrected chi connectivity index (χ2v) is 14.2. The molecule has 0 saturated carbocycles. The van der Waals surface area contributed by atoms with Crippen molar-refractivity contribution < 1.29 is 13.2 Å². The van der Waals surface area contributed by atoms with Crippen molar-refractivity contribution in [3.8, 4) is 6.01 Å². The van der Waals surface area contributed by atoms with E-state index in [9.17, 15) is 8.42 Å². The van der Waals surface area contributed by atoms with Gasteiger partial charge in [0.2, 0.25) is 0 Å². The van der Waals surface area contributed by atoms with Gasteiger partial charge in [-0.25, -0.2) is 8.42 Å². The lowest BCUT2D eigenvalue weighted by atomic mass is 9.95. The van der Waals surface area contributed by atoms with Gasteiger partial charge < -0.3 is 14.5 Å². The highest BCUT2D eigenvalue weighted by Crippen LogP contribution is 2.40. The van der Waals surface area contributed by atoms with E-state index in [2.05, 4.69) is 58.0 Å². The summed E-state index contributed by atoms with van der Waals surface area (Å²) in [6.07, 6.45) is 6.59. The minimum Gasteiger partial charge on any atom is -0.461 e. The second kappa shape index (κ2) is 10.2. The third-order valence-electron chi connectivity index (χ3n) is 9.64. The van der Waals surface area contributed by atoms with Gasteiger partial charge >= 0.3 is 6.01 Å². The molecule has 3 aromatic rings. The third kappa shape index (κ3) is 4.61. The zero-order valence-electron chi connectivity index (χ0n) is 23.4. The minimum absolute atomic E-state index is 0.115. The third-order valence-corrected chi connectivity index (χ3v) is 11.2. The Morgan fingerprint density at radius 1 is 0.925 bits per heavy atom. The number of hydrogen-bond acceptors (Lipinski definition) is 8. The number of benzene rings is 2. The summed E-state index contributed by atoms with van der Waals surface area (Å²) in [5, 5.41) is 2.59. The van der Waals surface area contributed by atoms with Crippen LogP contribution in [-0.2, 0) is 29.2 Å². The first kappa shape index (κ1) is 26.0. The molecule has 0 unspecified atom stereocenters. The van der Waals surface area contributed by atoms with Gasteiger partial charge in [0.1, 0.15) is 12.4 Å². The van der Waals surface area contributed by atoms with Crippen LogP contribution in [0.4, 0.5) is 11.5 Å². The van der Waals surface area contributed by atoms with E-state index in [1.54, 1.807) is 0 Å². The molecule has 40 heavy (non-hydrogen) atoms. The van der Waals surface area contributed by atoms with E-state index in [0.717, 1.165) is 49.6 Å². The van der Waals surface area contributed by atoms with Crippen molar-refractivity contribution >= 4 is 32.1 Å². The molecule has 2 aromatic carbocycles. The van der Waals surface area contributed by atoms with Gasteiger partial charge in [0.05, 0.1) is 29.3 Å². The lowest BCUT2D eigenvalue weighted by Crippen LogP contribution is -2.44. The number of aromatic nitrogens is 2. The van der Waals surface area contributed by atoms with E-state index in [0.29, 0.717) is 32.3 Å². The fourth-order valence-electron chi connectivity index (χ4n) is 7.46. The number of anilines is 2. The quantitative estimate of drug-likeness (QED) is 0.447. The second-order valence-electron chi connectivity index (χ2n) is 11.9. The zero-order valence-corrected chi connectivity index (χ0v) is 24.3. The Balaban J connectivity index is 1.23. The van der Waals surface area contributed by atoms with E-state index < -0.39 is 9.84 Å². The van der Waals surface area contributed by atoms with Crippen LogP contribution < -0.4 is 14.5 Å². The predicted octanol–water partition coefficient (Wildman–Crippen LogP) is 4.00. The molecule has 0 amide bonds. The largest absolute Gasteiger partial charge is 0.461 e. The van der Waals surface area contributed by atoms with E-state index in [1.165, 1.54) is 47.7 Å². The van der Waals surface area contributed by atoms with Crippen LogP contribution in [0.25, 0.3) is 10.8 Å². The standard InChI is InChI=1S/C31H39N5O3S/c1-2-23-7-3-8-24-9-4-10-27(28(23)24)35-16-11-25-26(21-35)32-30(33-29(25)34-17-19-40(37,38)20-18-34)39-22-31-12-5-14-36(31)15-6-13-31/h3-4,7-10H,2,5-6,11-22H2,1H3. The highest BCUT2D eigenvalue weighted by atomic mass is 32.2. The van der Waals surface area contributed by atoms with E-state index >= 15 is 0 Å². The van der Waals surface area contributed by atoms with Crippen LogP contribution in [-0.4, -0.2) is 79.7 Å². The molecule has 4 aliphatic heterocycles. The summed E-state index contributed by atoms with van der Waals surface area (Å²) < 4.78 is 30.9. The highest BCUT2D eigenvalue weighted by Gasteiger charge is 2.45. The van der Waals surface area contributed by atoms with E-state index in [-0.39, 0.29) is 17.0 Å². The van der Waals surface area contributed by atoms with Crippen LogP contribution in [0.1, 0.15) is 49.4 Å². The normalized spacial score (nSPS) is 21.9. The van der Waals surface area contributed by atoms with Crippen LogP contribution in [0.3, 0.4) is 0 Å². The molecule has 212 valence electrons.